The number of nitrogen functional groups attached to an aromatic ring is 1. The molecular formula is C14H11BrFNO. The third-order valence-corrected chi connectivity index (χ3v) is 3.18. The van der Waals surface area contributed by atoms with Gasteiger partial charge in [0.1, 0.15) is 5.82 Å². The van der Waals surface area contributed by atoms with Gasteiger partial charge in [0, 0.05) is 21.3 Å². The van der Waals surface area contributed by atoms with Gasteiger partial charge in [0.05, 0.1) is 0 Å². The van der Waals surface area contributed by atoms with Gasteiger partial charge >= 0.3 is 0 Å². The average molecular weight is 308 g/mol. The minimum atomic E-state index is -0.354. The molecule has 0 heterocycles. The topological polar surface area (TPSA) is 43.1 Å². The molecule has 0 spiro atoms. The Hall–Kier alpha value is -1.68. The molecule has 0 atom stereocenters. The van der Waals surface area contributed by atoms with Crippen LogP contribution in [0.3, 0.4) is 0 Å². The highest BCUT2D eigenvalue weighted by atomic mass is 79.9. The van der Waals surface area contributed by atoms with Gasteiger partial charge < -0.3 is 5.73 Å². The molecule has 0 unspecified atom stereocenters. The first-order valence-corrected chi connectivity index (χ1v) is 6.14. The number of nitrogens with two attached hydrogens (primary N) is 1. The zero-order chi connectivity index (χ0) is 13.3. The van der Waals surface area contributed by atoms with Crippen LogP contribution in [0.15, 0.2) is 40.9 Å². The molecule has 0 aromatic heterocycles. The monoisotopic (exact) mass is 307 g/mol. The molecule has 92 valence electrons. The molecule has 2 N–H and O–H groups in total. The van der Waals surface area contributed by atoms with E-state index in [2.05, 4.69) is 15.9 Å². The van der Waals surface area contributed by atoms with Crippen molar-refractivity contribution >= 4 is 27.4 Å². The minimum Gasteiger partial charge on any atom is -0.398 e. The van der Waals surface area contributed by atoms with Crippen molar-refractivity contribution in [2.75, 3.05) is 5.73 Å². The fourth-order valence-electron chi connectivity index (χ4n) is 1.77. The van der Waals surface area contributed by atoms with E-state index in [1.54, 1.807) is 25.1 Å². The molecule has 0 bridgehead atoms. The molecule has 0 fully saturated rings. The van der Waals surface area contributed by atoms with Crippen LogP contribution in [0.2, 0.25) is 0 Å². The van der Waals surface area contributed by atoms with Crippen molar-refractivity contribution < 1.29 is 9.18 Å². The molecule has 0 amide bonds. The van der Waals surface area contributed by atoms with E-state index in [0.717, 1.165) is 4.47 Å². The second kappa shape index (κ2) is 4.90. The van der Waals surface area contributed by atoms with E-state index in [0.29, 0.717) is 22.4 Å². The van der Waals surface area contributed by atoms with Gasteiger partial charge in [0.25, 0.3) is 0 Å². The molecule has 0 aliphatic heterocycles. The highest BCUT2D eigenvalue weighted by molar-refractivity contribution is 9.10. The lowest BCUT2D eigenvalue weighted by molar-refractivity contribution is 0.103. The van der Waals surface area contributed by atoms with Gasteiger partial charge in [-0.3, -0.25) is 4.79 Å². The molecule has 18 heavy (non-hydrogen) atoms. The number of carbonyl (C=O) groups excluding carboxylic acids is 1. The van der Waals surface area contributed by atoms with Crippen molar-refractivity contribution in [1.82, 2.24) is 0 Å². The van der Waals surface area contributed by atoms with E-state index in [-0.39, 0.29) is 11.6 Å². The lowest BCUT2D eigenvalue weighted by atomic mass is 9.98. The Morgan fingerprint density at radius 1 is 1.17 bits per heavy atom. The number of benzene rings is 2. The molecule has 0 saturated carbocycles. The summed E-state index contributed by atoms with van der Waals surface area (Å²) in [5.74, 6) is -0.551. The third kappa shape index (κ3) is 2.43. The van der Waals surface area contributed by atoms with E-state index >= 15 is 0 Å². The first kappa shape index (κ1) is 12.8. The minimum absolute atomic E-state index is 0.197. The van der Waals surface area contributed by atoms with Crippen molar-refractivity contribution in [2.45, 2.75) is 6.92 Å². The Morgan fingerprint density at radius 3 is 2.44 bits per heavy atom. The third-order valence-electron chi connectivity index (χ3n) is 2.69. The van der Waals surface area contributed by atoms with Crippen LogP contribution in [0.4, 0.5) is 10.1 Å². The van der Waals surface area contributed by atoms with Crippen molar-refractivity contribution in [3.8, 4) is 0 Å². The van der Waals surface area contributed by atoms with Crippen molar-refractivity contribution in [3.05, 3.63) is 63.4 Å². The Kier molecular flexibility index (Phi) is 3.48. The second-order valence-electron chi connectivity index (χ2n) is 4.02. The molecule has 2 rings (SSSR count). The van der Waals surface area contributed by atoms with E-state index in [9.17, 15) is 9.18 Å². The van der Waals surface area contributed by atoms with Gasteiger partial charge in [-0.2, -0.15) is 0 Å². The van der Waals surface area contributed by atoms with Crippen LogP contribution in [0.5, 0.6) is 0 Å². The lowest BCUT2D eigenvalue weighted by Gasteiger charge is -2.08. The summed E-state index contributed by atoms with van der Waals surface area (Å²) in [5, 5.41) is 0. The molecule has 0 radical (unpaired) electrons. The first-order chi connectivity index (χ1) is 8.49. The van der Waals surface area contributed by atoms with Crippen LogP contribution in [-0.2, 0) is 0 Å². The Bertz CT molecular complexity index is 572. The van der Waals surface area contributed by atoms with E-state index < -0.39 is 0 Å². The highest BCUT2D eigenvalue weighted by Gasteiger charge is 2.14. The quantitative estimate of drug-likeness (QED) is 0.679. The van der Waals surface area contributed by atoms with Crippen LogP contribution in [0.25, 0.3) is 0 Å². The average Bonchev–Trinajstić information content (AvgIpc) is 2.28. The summed E-state index contributed by atoms with van der Waals surface area (Å²) >= 11 is 3.28. The fourth-order valence-corrected chi connectivity index (χ4v) is 2.15. The summed E-state index contributed by atoms with van der Waals surface area (Å²) in [5.41, 5.74) is 7.70. The fraction of sp³-hybridized carbons (Fsp3) is 0.0714. The summed E-state index contributed by atoms with van der Waals surface area (Å²) < 4.78 is 13.8. The van der Waals surface area contributed by atoms with Crippen LogP contribution in [-0.4, -0.2) is 5.78 Å². The largest absolute Gasteiger partial charge is 0.398 e. The van der Waals surface area contributed by atoms with Gasteiger partial charge in [0.2, 0.25) is 0 Å². The molecular weight excluding hydrogens is 297 g/mol. The maximum atomic E-state index is 13.0. The normalized spacial score (nSPS) is 10.4. The number of anilines is 1. The Morgan fingerprint density at radius 2 is 1.83 bits per heavy atom. The number of hydrogen-bond donors (Lipinski definition) is 1. The Balaban J connectivity index is 2.48. The number of carbonyl (C=O) groups is 1. The summed E-state index contributed by atoms with van der Waals surface area (Å²) in [4.78, 5) is 12.3. The SMILES string of the molecule is Cc1cc(F)ccc1C(=O)c1ccc(Br)cc1N. The van der Waals surface area contributed by atoms with Gasteiger partial charge in [-0.05, 0) is 48.9 Å². The summed E-state index contributed by atoms with van der Waals surface area (Å²) in [7, 11) is 0. The van der Waals surface area contributed by atoms with Crippen molar-refractivity contribution in [1.29, 1.82) is 0 Å². The molecule has 0 saturated heterocycles. The second-order valence-corrected chi connectivity index (χ2v) is 4.94. The van der Waals surface area contributed by atoms with Crippen molar-refractivity contribution in [3.63, 3.8) is 0 Å². The number of halogens is 2. The molecule has 2 aromatic carbocycles. The van der Waals surface area contributed by atoms with Gasteiger partial charge in [-0.25, -0.2) is 4.39 Å². The molecule has 2 aromatic rings. The number of hydrogen-bond acceptors (Lipinski definition) is 2. The summed E-state index contributed by atoms with van der Waals surface area (Å²) in [6, 6.07) is 9.17. The predicted octanol–water partition coefficient (Wildman–Crippen LogP) is 3.71. The smallest absolute Gasteiger partial charge is 0.195 e. The number of aryl methyl sites for hydroxylation is 1. The molecule has 4 heteroatoms. The highest BCUT2D eigenvalue weighted by Crippen LogP contribution is 2.23. The zero-order valence-corrected chi connectivity index (χ0v) is 11.3. The molecule has 2 nitrogen and oxygen atoms in total. The van der Waals surface area contributed by atoms with Gasteiger partial charge in [-0.15, -0.1) is 0 Å². The maximum absolute atomic E-state index is 13.0. The van der Waals surface area contributed by atoms with Crippen LogP contribution >= 0.6 is 15.9 Å². The summed E-state index contributed by atoms with van der Waals surface area (Å²) in [6.45, 7) is 1.70. The van der Waals surface area contributed by atoms with E-state index in [1.165, 1.54) is 18.2 Å². The Labute approximate surface area is 113 Å². The first-order valence-electron chi connectivity index (χ1n) is 5.35. The lowest BCUT2D eigenvalue weighted by Crippen LogP contribution is -2.07. The van der Waals surface area contributed by atoms with Crippen molar-refractivity contribution in [2.24, 2.45) is 0 Å². The van der Waals surface area contributed by atoms with Gasteiger partial charge in [-0.1, -0.05) is 15.9 Å². The van der Waals surface area contributed by atoms with Crippen LogP contribution in [0.1, 0.15) is 21.5 Å². The predicted molar refractivity (Wildman–Crippen MR) is 73.1 cm³/mol. The number of rotatable bonds is 2. The maximum Gasteiger partial charge on any atom is 0.195 e. The van der Waals surface area contributed by atoms with Crippen LogP contribution < -0.4 is 5.73 Å². The van der Waals surface area contributed by atoms with E-state index in [1.807, 2.05) is 0 Å². The summed E-state index contributed by atoms with van der Waals surface area (Å²) in [6.07, 6.45) is 0. The standard InChI is InChI=1S/C14H11BrFNO/c1-8-6-10(16)3-5-11(8)14(18)12-4-2-9(15)7-13(12)17/h2-7H,17H2,1H3. The molecule has 0 aliphatic carbocycles. The van der Waals surface area contributed by atoms with E-state index in [4.69, 9.17) is 5.73 Å². The van der Waals surface area contributed by atoms with Gasteiger partial charge in [0.15, 0.2) is 5.78 Å². The zero-order valence-electron chi connectivity index (χ0n) is 9.71. The number of ketones is 1. The molecule has 0 aliphatic rings. The van der Waals surface area contributed by atoms with Crippen LogP contribution in [0, 0.1) is 12.7 Å².